The molecule has 0 aliphatic heterocycles. The van der Waals surface area contributed by atoms with E-state index in [0.29, 0.717) is 5.13 Å². The molecule has 8 nitrogen and oxygen atoms in total. The Morgan fingerprint density at radius 1 is 1.35 bits per heavy atom. The summed E-state index contributed by atoms with van der Waals surface area (Å²) >= 11 is 1.21. The van der Waals surface area contributed by atoms with Gasteiger partial charge in [-0.2, -0.15) is 0 Å². The Labute approximate surface area is 118 Å². The van der Waals surface area contributed by atoms with E-state index < -0.39 is 30.4 Å². The molecule has 0 saturated heterocycles. The lowest BCUT2D eigenvalue weighted by molar-refractivity contribution is -0.145. The van der Waals surface area contributed by atoms with Gasteiger partial charge in [-0.1, -0.05) is 13.8 Å². The van der Waals surface area contributed by atoms with Crippen molar-refractivity contribution in [1.82, 2.24) is 10.3 Å². The molecule has 1 atom stereocenters. The number of carboxylic acids is 2. The van der Waals surface area contributed by atoms with Crippen molar-refractivity contribution in [2.75, 3.05) is 5.32 Å². The third-order valence-electron chi connectivity index (χ3n) is 2.32. The van der Waals surface area contributed by atoms with Crippen LogP contribution >= 0.6 is 11.3 Å². The Morgan fingerprint density at radius 3 is 2.45 bits per heavy atom. The summed E-state index contributed by atoms with van der Waals surface area (Å²) in [5.41, 5.74) is 0.811. The Morgan fingerprint density at radius 2 is 2.00 bits per heavy atom. The summed E-state index contributed by atoms with van der Waals surface area (Å²) in [4.78, 5) is 37.0. The molecule has 20 heavy (non-hydrogen) atoms. The van der Waals surface area contributed by atoms with E-state index in [9.17, 15) is 14.4 Å². The highest BCUT2D eigenvalue weighted by atomic mass is 32.1. The molecule has 0 bridgehead atoms. The van der Waals surface area contributed by atoms with Crippen LogP contribution in [0.15, 0.2) is 5.38 Å². The first-order valence-electron chi connectivity index (χ1n) is 5.77. The second-order valence-electron chi connectivity index (χ2n) is 4.32. The fraction of sp³-hybridized carbons (Fsp3) is 0.455. The van der Waals surface area contributed by atoms with Gasteiger partial charge in [-0.05, 0) is 5.92 Å². The van der Waals surface area contributed by atoms with Gasteiger partial charge in [0.05, 0.1) is 12.1 Å². The average Bonchev–Trinajstić information content (AvgIpc) is 2.75. The Balaban J connectivity index is 2.60. The summed E-state index contributed by atoms with van der Waals surface area (Å²) in [6.45, 7) is 3.90. The molecule has 9 heteroatoms. The highest BCUT2D eigenvalue weighted by molar-refractivity contribution is 7.13. The largest absolute Gasteiger partial charge is 0.481 e. The molecule has 1 aromatic heterocycles. The zero-order valence-corrected chi connectivity index (χ0v) is 11.7. The van der Waals surface area contributed by atoms with Crippen LogP contribution in [0, 0.1) is 0 Å². The molecule has 0 radical (unpaired) electrons. The molecule has 0 aliphatic carbocycles. The normalized spacial score (nSPS) is 11.9. The number of hydrogen-bond acceptors (Lipinski definition) is 5. The van der Waals surface area contributed by atoms with Crippen LogP contribution in [0.5, 0.6) is 0 Å². The van der Waals surface area contributed by atoms with E-state index >= 15 is 0 Å². The van der Waals surface area contributed by atoms with E-state index in [4.69, 9.17) is 10.2 Å². The van der Waals surface area contributed by atoms with E-state index in [1.165, 1.54) is 11.3 Å². The van der Waals surface area contributed by atoms with Crippen LogP contribution in [0.25, 0.3) is 0 Å². The summed E-state index contributed by atoms with van der Waals surface area (Å²) in [6, 6.07) is -2.29. The molecule has 0 aliphatic rings. The molecule has 2 amide bonds. The Kier molecular flexibility index (Phi) is 5.44. The minimum Gasteiger partial charge on any atom is -0.481 e. The maximum Gasteiger partial charge on any atom is 0.326 e. The number of carbonyl (C=O) groups is 3. The first-order valence-corrected chi connectivity index (χ1v) is 6.65. The summed E-state index contributed by atoms with van der Waals surface area (Å²) in [6.07, 6.45) is -0.697. The van der Waals surface area contributed by atoms with Gasteiger partial charge in [-0.15, -0.1) is 11.3 Å². The van der Waals surface area contributed by atoms with Gasteiger partial charge in [0.1, 0.15) is 6.04 Å². The first kappa shape index (κ1) is 15.9. The van der Waals surface area contributed by atoms with Crippen molar-refractivity contribution < 1.29 is 24.6 Å². The zero-order valence-electron chi connectivity index (χ0n) is 10.9. The summed E-state index contributed by atoms with van der Waals surface area (Å²) in [7, 11) is 0. The molecule has 0 aromatic carbocycles. The van der Waals surface area contributed by atoms with Gasteiger partial charge in [0.15, 0.2) is 5.13 Å². The molecule has 1 aromatic rings. The molecule has 0 saturated carbocycles. The number of nitrogens with one attached hydrogen (secondary N) is 2. The fourth-order valence-corrected chi connectivity index (χ4v) is 2.14. The zero-order chi connectivity index (χ0) is 15.3. The van der Waals surface area contributed by atoms with Crippen LogP contribution in [-0.2, 0) is 9.59 Å². The first-order chi connectivity index (χ1) is 9.29. The van der Waals surface area contributed by atoms with Crippen LogP contribution in [0.2, 0.25) is 0 Å². The van der Waals surface area contributed by atoms with Crippen molar-refractivity contribution in [3.8, 4) is 0 Å². The van der Waals surface area contributed by atoms with Gasteiger partial charge in [0.25, 0.3) is 0 Å². The van der Waals surface area contributed by atoms with E-state index in [-0.39, 0.29) is 5.92 Å². The lowest BCUT2D eigenvalue weighted by Crippen LogP contribution is -2.44. The van der Waals surface area contributed by atoms with Gasteiger partial charge in [-0.3, -0.25) is 10.1 Å². The van der Waals surface area contributed by atoms with Gasteiger partial charge >= 0.3 is 18.0 Å². The summed E-state index contributed by atoms with van der Waals surface area (Å²) in [5, 5.41) is 23.9. The number of rotatable bonds is 6. The monoisotopic (exact) mass is 301 g/mol. The molecule has 1 heterocycles. The number of nitrogens with zero attached hydrogens (tertiary/aromatic N) is 1. The number of hydrogen-bond donors (Lipinski definition) is 4. The second-order valence-corrected chi connectivity index (χ2v) is 5.18. The number of carbonyl (C=O) groups excluding carboxylic acids is 1. The molecule has 4 N–H and O–H groups in total. The average molecular weight is 301 g/mol. The standard InChI is InChI=1S/C11H15N3O5S/c1-5(2)7-4-20-11(13-7)14-10(19)12-6(9(17)18)3-8(15)16/h4-6H,3H2,1-2H3,(H,15,16)(H,17,18)(H2,12,13,14,19). The topological polar surface area (TPSA) is 129 Å². The minimum absolute atomic E-state index is 0.212. The van der Waals surface area contributed by atoms with Crippen LogP contribution in [0.1, 0.15) is 31.9 Å². The van der Waals surface area contributed by atoms with Crippen LogP contribution in [0.3, 0.4) is 0 Å². The van der Waals surface area contributed by atoms with Gasteiger partial charge < -0.3 is 15.5 Å². The number of thiazole rings is 1. The quantitative estimate of drug-likeness (QED) is 0.627. The predicted octanol–water partition coefficient (Wildman–Crippen LogP) is 1.32. The third-order valence-corrected chi connectivity index (χ3v) is 3.09. The number of aliphatic carboxylic acids is 2. The number of aromatic nitrogens is 1. The van der Waals surface area contributed by atoms with Crippen molar-refractivity contribution >= 4 is 34.4 Å². The van der Waals surface area contributed by atoms with Crippen molar-refractivity contribution in [3.05, 3.63) is 11.1 Å². The Bertz CT molecular complexity index is 514. The summed E-state index contributed by atoms with van der Waals surface area (Å²) < 4.78 is 0. The van der Waals surface area contributed by atoms with Crippen molar-refractivity contribution in [3.63, 3.8) is 0 Å². The fourth-order valence-electron chi connectivity index (χ4n) is 1.27. The van der Waals surface area contributed by atoms with Gasteiger partial charge in [-0.25, -0.2) is 14.6 Å². The van der Waals surface area contributed by atoms with Gasteiger partial charge in [0.2, 0.25) is 0 Å². The van der Waals surface area contributed by atoms with Crippen LogP contribution in [-0.4, -0.2) is 39.2 Å². The van der Waals surface area contributed by atoms with Crippen LogP contribution in [0.4, 0.5) is 9.93 Å². The molecule has 1 unspecified atom stereocenters. The van der Waals surface area contributed by atoms with E-state index in [1.54, 1.807) is 5.38 Å². The van der Waals surface area contributed by atoms with Crippen molar-refractivity contribution in [2.45, 2.75) is 32.2 Å². The molecule has 1 rings (SSSR count). The SMILES string of the molecule is CC(C)c1csc(NC(=O)NC(CC(=O)O)C(=O)O)n1. The highest BCUT2D eigenvalue weighted by Gasteiger charge is 2.23. The Hall–Kier alpha value is -2.16. The maximum atomic E-state index is 11.6. The van der Waals surface area contributed by atoms with Crippen molar-refractivity contribution in [2.24, 2.45) is 0 Å². The van der Waals surface area contributed by atoms with E-state index in [2.05, 4.69) is 15.6 Å². The molecular formula is C11H15N3O5S. The maximum absolute atomic E-state index is 11.6. The molecule has 110 valence electrons. The number of carboxylic acid groups (broad SMARTS) is 2. The summed E-state index contributed by atoms with van der Waals surface area (Å²) in [5.74, 6) is -2.51. The predicted molar refractivity (Wildman–Crippen MR) is 72.0 cm³/mol. The molecule has 0 spiro atoms. The number of urea groups is 1. The smallest absolute Gasteiger partial charge is 0.326 e. The number of amides is 2. The minimum atomic E-state index is -1.49. The van der Waals surface area contributed by atoms with Crippen molar-refractivity contribution in [1.29, 1.82) is 0 Å². The van der Waals surface area contributed by atoms with E-state index in [1.807, 2.05) is 13.8 Å². The second kappa shape index (κ2) is 6.85. The number of anilines is 1. The molecule has 0 fully saturated rings. The third kappa shape index (κ3) is 4.84. The van der Waals surface area contributed by atoms with E-state index in [0.717, 1.165) is 5.69 Å². The lowest BCUT2D eigenvalue weighted by atomic mass is 10.2. The highest BCUT2D eigenvalue weighted by Crippen LogP contribution is 2.21. The van der Waals surface area contributed by atoms with Crippen LogP contribution < -0.4 is 10.6 Å². The van der Waals surface area contributed by atoms with Gasteiger partial charge in [0, 0.05) is 5.38 Å². The molecular weight excluding hydrogens is 286 g/mol. The lowest BCUT2D eigenvalue weighted by Gasteiger charge is -2.12.